The smallest absolute Gasteiger partial charge is 0.329 e. The number of anilines is 1. The zero-order valence-electron chi connectivity index (χ0n) is 10.5. The Hall–Kier alpha value is -1.75. The fourth-order valence-electron chi connectivity index (χ4n) is 2.02. The van der Waals surface area contributed by atoms with Crippen LogP contribution in [0.2, 0.25) is 5.02 Å². The van der Waals surface area contributed by atoms with E-state index in [0.29, 0.717) is 23.6 Å². The maximum atomic E-state index is 11.8. The minimum absolute atomic E-state index is 0.424. The summed E-state index contributed by atoms with van der Waals surface area (Å²) in [6.07, 6.45) is 1.71. The summed E-state index contributed by atoms with van der Waals surface area (Å²) >= 11 is 6.00. The summed E-state index contributed by atoms with van der Waals surface area (Å²) in [5.41, 5.74) is 0.322. The van der Waals surface area contributed by atoms with E-state index in [1.165, 1.54) is 0 Å². The van der Waals surface area contributed by atoms with Crippen molar-refractivity contribution < 1.29 is 14.7 Å². The van der Waals surface area contributed by atoms with Gasteiger partial charge in [-0.25, -0.2) is 9.59 Å². The Bertz CT molecular complexity index is 527. The zero-order chi connectivity index (χ0) is 14.0. The molecule has 0 radical (unpaired) electrons. The molecule has 2 rings (SSSR count). The van der Waals surface area contributed by atoms with Crippen LogP contribution in [-0.4, -0.2) is 22.6 Å². The first-order chi connectivity index (χ1) is 8.93. The van der Waals surface area contributed by atoms with Crippen LogP contribution in [0.1, 0.15) is 24.8 Å². The number of carbonyl (C=O) groups is 2. The molecule has 0 aliphatic heterocycles. The minimum Gasteiger partial charge on any atom is -0.480 e. The van der Waals surface area contributed by atoms with Gasteiger partial charge in [0.25, 0.3) is 0 Å². The lowest BCUT2D eigenvalue weighted by Gasteiger charge is -2.38. The van der Waals surface area contributed by atoms with E-state index in [2.05, 4.69) is 10.6 Å². The van der Waals surface area contributed by atoms with E-state index in [1.54, 1.807) is 12.1 Å². The van der Waals surface area contributed by atoms with Gasteiger partial charge in [-0.2, -0.15) is 0 Å². The fourth-order valence-corrected chi connectivity index (χ4v) is 2.30. The Balaban J connectivity index is 2.03. The Labute approximate surface area is 116 Å². The second-order valence-corrected chi connectivity index (χ2v) is 5.21. The summed E-state index contributed by atoms with van der Waals surface area (Å²) in [6.45, 7) is 1.89. The molecule has 0 saturated heterocycles. The molecule has 1 fully saturated rings. The molecule has 0 heterocycles. The van der Waals surface area contributed by atoms with Crippen LogP contribution >= 0.6 is 11.6 Å². The fraction of sp³-hybridized carbons (Fsp3) is 0.385. The molecule has 0 spiro atoms. The van der Waals surface area contributed by atoms with Crippen molar-refractivity contribution in [3.63, 3.8) is 0 Å². The van der Waals surface area contributed by atoms with Gasteiger partial charge in [0, 0.05) is 0 Å². The van der Waals surface area contributed by atoms with E-state index in [9.17, 15) is 9.59 Å². The highest BCUT2D eigenvalue weighted by Gasteiger charge is 2.45. The van der Waals surface area contributed by atoms with Gasteiger partial charge in [0.15, 0.2) is 0 Å². The molecule has 1 aromatic rings. The lowest BCUT2D eigenvalue weighted by Crippen LogP contribution is -2.60. The van der Waals surface area contributed by atoms with Crippen LogP contribution in [0.4, 0.5) is 10.5 Å². The van der Waals surface area contributed by atoms with Gasteiger partial charge in [-0.3, -0.25) is 0 Å². The topological polar surface area (TPSA) is 78.4 Å². The number of rotatable bonds is 3. The molecule has 0 atom stereocenters. The molecule has 0 aromatic heterocycles. The van der Waals surface area contributed by atoms with E-state index >= 15 is 0 Å². The summed E-state index contributed by atoms with van der Waals surface area (Å²) in [4.78, 5) is 23.0. The van der Waals surface area contributed by atoms with Gasteiger partial charge in [0.05, 0.1) is 10.7 Å². The summed E-state index contributed by atoms with van der Waals surface area (Å²) in [7, 11) is 0. The number of aryl methyl sites for hydroxylation is 1. The third kappa shape index (κ3) is 2.81. The molecule has 1 saturated carbocycles. The molecule has 1 aromatic carbocycles. The number of urea groups is 1. The van der Waals surface area contributed by atoms with Crippen molar-refractivity contribution in [2.75, 3.05) is 5.32 Å². The normalized spacial score (nSPS) is 16.3. The van der Waals surface area contributed by atoms with Crippen molar-refractivity contribution in [1.82, 2.24) is 5.32 Å². The van der Waals surface area contributed by atoms with Gasteiger partial charge in [-0.05, 0) is 43.9 Å². The number of hydrogen-bond acceptors (Lipinski definition) is 2. The number of carbonyl (C=O) groups excluding carboxylic acids is 1. The van der Waals surface area contributed by atoms with Gasteiger partial charge in [-0.1, -0.05) is 17.7 Å². The second kappa shape index (κ2) is 5.09. The highest BCUT2D eigenvalue weighted by Crippen LogP contribution is 2.32. The van der Waals surface area contributed by atoms with Gasteiger partial charge in [-0.15, -0.1) is 0 Å². The molecule has 0 unspecified atom stereocenters. The summed E-state index contributed by atoms with van der Waals surface area (Å²) < 4.78 is 0. The highest BCUT2D eigenvalue weighted by molar-refractivity contribution is 6.33. The van der Waals surface area contributed by atoms with E-state index in [4.69, 9.17) is 16.7 Å². The summed E-state index contributed by atoms with van der Waals surface area (Å²) in [5.74, 6) is -0.996. The first-order valence-electron chi connectivity index (χ1n) is 6.02. The lowest BCUT2D eigenvalue weighted by atomic mass is 9.77. The van der Waals surface area contributed by atoms with Crippen LogP contribution in [0, 0.1) is 6.92 Å². The molecule has 19 heavy (non-hydrogen) atoms. The van der Waals surface area contributed by atoms with Gasteiger partial charge < -0.3 is 15.7 Å². The molecular formula is C13H15ClN2O3. The zero-order valence-corrected chi connectivity index (χ0v) is 11.3. The number of aliphatic carboxylic acids is 1. The Morgan fingerprint density at radius 2 is 2.05 bits per heavy atom. The molecule has 102 valence electrons. The van der Waals surface area contributed by atoms with Gasteiger partial charge in [0.1, 0.15) is 5.54 Å². The van der Waals surface area contributed by atoms with E-state index in [-0.39, 0.29) is 0 Å². The molecule has 0 bridgehead atoms. The number of hydrogen-bond donors (Lipinski definition) is 3. The average molecular weight is 283 g/mol. The highest BCUT2D eigenvalue weighted by atomic mass is 35.5. The van der Waals surface area contributed by atoms with Gasteiger partial charge >= 0.3 is 12.0 Å². The van der Waals surface area contributed by atoms with E-state index < -0.39 is 17.5 Å². The van der Waals surface area contributed by atoms with Crippen molar-refractivity contribution in [3.8, 4) is 0 Å². The molecule has 1 aliphatic carbocycles. The van der Waals surface area contributed by atoms with Crippen LogP contribution in [0.5, 0.6) is 0 Å². The number of benzene rings is 1. The van der Waals surface area contributed by atoms with Crippen LogP contribution < -0.4 is 10.6 Å². The van der Waals surface area contributed by atoms with Gasteiger partial charge in [0.2, 0.25) is 0 Å². The number of carboxylic acid groups (broad SMARTS) is 1. The standard InChI is InChI=1S/C13H15ClN2O3/c1-8-3-4-10(9(14)7-8)15-12(19)16-13(11(17)18)5-2-6-13/h3-4,7H,2,5-6H2,1H3,(H,17,18)(H2,15,16,19). The molecule has 5 nitrogen and oxygen atoms in total. The lowest BCUT2D eigenvalue weighted by molar-refractivity contribution is -0.148. The van der Waals surface area contributed by atoms with Crippen molar-refractivity contribution in [3.05, 3.63) is 28.8 Å². The Morgan fingerprint density at radius 1 is 1.37 bits per heavy atom. The number of nitrogens with one attached hydrogen (secondary N) is 2. The molecule has 1 aliphatic rings. The third-order valence-electron chi connectivity index (χ3n) is 3.34. The Kier molecular flexibility index (Phi) is 3.66. The van der Waals surface area contributed by atoms with E-state index in [0.717, 1.165) is 12.0 Å². The number of halogens is 1. The van der Waals surface area contributed by atoms with Crippen LogP contribution in [0.25, 0.3) is 0 Å². The minimum atomic E-state index is -1.12. The maximum Gasteiger partial charge on any atom is 0.329 e. The van der Waals surface area contributed by atoms with Crippen LogP contribution in [0.3, 0.4) is 0 Å². The van der Waals surface area contributed by atoms with Crippen LogP contribution in [-0.2, 0) is 4.79 Å². The average Bonchev–Trinajstić information content (AvgIpc) is 2.27. The Morgan fingerprint density at radius 3 is 2.53 bits per heavy atom. The van der Waals surface area contributed by atoms with Crippen molar-refractivity contribution >= 4 is 29.3 Å². The first-order valence-corrected chi connectivity index (χ1v) is 6.39. The van der Waals surface area contributed by atoms with E-state index in [1.807, 2.05) is 13.0 Å². The number of carboxylic acids is 1. The third-order valence-corrected chi connectivity index (χ3v) is 3.65. The van der Waals surface area contributed by atoms with Crippen LogP contribution in [0.15, 0.2) is 18.2 Å². The molecule has 2 amide bonds. The molecule has 3 N–H and O–H groups in total. The van der Waals surface area contributed by atoms with Crippen molar-refractivity contribution in [2.24, 2.45) is 0 Å². The summed E-state index contributed by atoms with van der Waals surface area (Å²) in [5, 5.41) is 14.6. The second-order valence-electron chi connectivity index (χ2n) is 4.80. The SMILES string of the molecule is Cc1ccc(NC(=O)NC2(C(=O)O)CCC2)c(Cl)c1. The first kappa shape index (κ1) is 13.7. The van der Waals surface area contributed by atoms with Crippen molar-refractivity contribution in [2.45, 2.75) is 31.7 Å². The molecule has 6 heteroatoms. The monoisotopic (exact) mass is 282 g/mol. The quantitative estimate of drug-likeness (QED) is 0.797. The maximum absolute atomic E-state index is 11.8. The van der Waals surface area contributed by atoms with Crippen molar-refractivity contribution in [1.29, 1.82) is 0 Å². The largest absolute Gasteiger partial charge is 0.480 e. The predicted molar refractivity (Wildman–Crippen MR) is 72.6 cm³/mol. The molecular weight excluding hydrogens is 268 g/mol. The summed E-state index contributed by atoms with van der Waals surface area (Å²) in [6, 6.07) is 4.68. The number of amides is 2. The predicted octanol–water partition coefficient (Wildman–Crippen LogP) is 2.78.